The molecule has 4 N–H and O–H groups in total. The first-order chi connectivity index (χ1) is 17.2. The molecular weight excluding hydrogens is 511 g/mol. The summed E-state index contributed by atoms with van der Waals surface area (Å²) in [7, 11) is 0. The summed E-state index contributed by atoms with van der Waals surface area (Å²) >= 11 is 1.83. The number of halogens is 5. The van der Waals surface area contributed by atoms with E-state index >= 15 is 0 Å². The predicted octanol–water partition coefficient (Wildman–Crippen LogP) is 3.48. The second-order valence-corrected chi connectivity index (χ2v) is 9.77. The molecular formula is C22H27F5N4O4S. The Bertz CT molecular complexity index is 957. The molecule has 3 atom stereocenters. The quantitative estimate of drug-likeness (QED) is 0.107. The summed E-state index contributed by atoms with van der Waals surface area (Å²) in [4.78, 5) is 34.9. The summed E-state index contributed by atoms with van der Waals surface area (Å²) in [6, 6.07) is 0.227. The Morgan fingerprint density at radius 1 is 0.861 bits per heavy atom. The Labute approximate surface area is 208 Å². The van der Waals surface area contributed by atoms with Gasteiger partial charge in [0.2, 0.25) is 40.7 Å². The van der Waals surface area contributed by atoms with E-state index in [-0.39, 0.29) is 30.6 Å². The van der Waals surface area contributed by atoms with Crippen molar-refractivity contribution in [3.8, 4) is 5.75 Å². The number of ether oxygens (including phenoxy) is 1. The number of urea groups is 1. The third kappa shape index (κ3) is 7.14. The lowest BCUT2D eigenvalue weighted by atomic mass is 10.0. The molecule has 200 valence electrons. The van der Waals surface area contributed by atoms with E-state index in [0.29, 0.717) is 37.5 Å². The van der Waals surface area contributed by atoms with Crippen molar-refractivity contribution in [3.05, 3.63) is 29.1 Å². The minimum absolute atomic E-state index is 0.0409. The molecule has 3 rings (SSSR count). The van der Waals surface area contributed by atoms with Gasteiger partial charge >= 0.3 is 12.1 Å². The molecule has 0 aromatic heterocycles. The minimum atomic E-state index is -2.34. The fraction of sp³-hybridized carbons (Fsp3) is 0.591. The van der Waals surface area contributed by atoms with E-state index in [2.05, 4.69) is 26.0 Å². The third-order valence-corrected chi connectivity index (χ3v) is 7.40. The molecule has 2 aliphatic heterocycles. The second-order valence-electron chi connectivity index (χ2n) is 8.49. The summed E-state index contributed by atoms with van der Waals surface area (Å²) < 4.78 is 70.5. The lowest BCUT2D eigenvalue weighted by molar-refractivity contribution is -0.121. The molecule has 1 aromatic rings. The summed E-state index contributed by atoms with van der Waals surface area (Å²) in [6.45, 7) is 0.479. The van der Waals surface area contributed by atoms with Crippen LogP contribution in [0.2, 0.25) is 0 Å². The van der Waals surface area contributed by atoms with Crippen LogP contribution in [-0.4, -0.2) is 54.2 Å². The van der Waals surface area contributed by atoms with Crippen molar-refractivity contribution < 1.29 is 41.1 Å². The van der Waals surface area contributed by atoms with Gasteiger partial charge in [0.25, 0.3) is 0 Å². The van der Waals surface area contributed by atoms with Gasteiger partial charge in [0, 0.05) is 30.5 Å². The summed E-state index contributed by atoms with van der Waals surface area (Å²) in [6.07, 6.45) is 3.27. The van der Waals surface area contributed by atoms with Gasteiger partial charge in [-0.2, -0.15) is 20.5 Å². The Morgan fingerprint density at radius 2 is 1.50 bits per heavy atom. The number of rotatable bonds is 12. The highest BCUT2D eigenvalue weighted by atomic mass is 32.2. The van der Waals surface area contributed by atoms with Gasteiger partial charge in [0.05, 0.1) is 12.1 Å². The summed E-state index contributed by atoms with van der Waals surface area (Å²) in [5.41, 5.74) is 0. The SMILES string of the molecule is O=C(CCCC[C@@H]1SC[C@@H]2NC(=O)N[C@@H]21)NCCCCCNC(=O)Oc1c(F)c(F)c(F)c(F)c1F. The lowest BCUT2D eigenvalue weighted by Crippen LogP contribution is -2.36. The smallest absolute Gasteiger partial charge is 0.404 e. The third-order valence-electron chi connectivity index (χ3n) is 5.89. The van der Waals surface area contributed by atoms with Crippen molar-refractivity contribution in [2.24, 2.45) is 0 Å². The molecule has 2 fully saturated rings. The van der Waals surface area contributed by atoms with Crippen LogP contribution < -0.4 is 26.0 Å². The van der Waals surface area contributed by atoms with E-state index in [1.807, 2.05) is 11.8 Å². The van der Waals surface area contributed by atoms with Crippen LogP contribution >= 0.6 is 11.8 Å². The van der Waals surface area contributed by atoms with Gasteiger partial charge < -0.3 is 26.0 Å². The minimum Gasteiger partial charge on any atom is -0.404 e. The van der Waals surface area contributed by atoms with E-state index in [9.17, 15) is 36.3 Å². The predicted molar refractivity (Wildman–Crippen MR) is 121 cm³/mol. The van der Waals surface area contributed by atoms with Gasteiger partial charge in [-0.15, -0.1) is 0 Å². The van der Waals surface area contributed by atoms with Gasteiger partial charge in [-0.1, -0.05) is 6.42 Å². The number of unbranched alkanes of at least 4 members (excludes halogenated alkanes) is 3. The number of benzene rings is 1. The molecule has 0 radical (unpaired) electrons. The highest BCUT2D eigenvalue weighted by Gasteiger charge is 2.42. The fourth-order valence-corrected chi connectivity index (χ4v) is 5.55. The molecule has 0 unspecified atom stereocenters. The average Bonchev–Trinajstić information content (AvgIpc) is 3.40. The maximum absolute atomic E-state index is 13.5. The van der Waals surface area contributed by atoms with E-state index in [1.165, 1.54) is 0 Å². The molecule has 0 saturated carbocycles. The number of thioether (sulfide) groups is 1. The molecule has 36 heavy (non-hydrogen) atoms. The van der Waals surface area contributed by atoms with Crippen molar-refractivity contribution in [1.82, 2.24) is 21.3 Å². The van der Waals surface area contributed by atoms with Crippen LogP contribution in [0.4, 0.5) is 31.5 Å². The van der Waals surface area contributed by atoms with Crippen molar-refractivity contribution in [1.29, 1.82) is 0 Å². The van der Waals surface area contributed by atoms with Crippen LogP contribution in [0.1, 0.15) is 44.9 Å². The number of hydrogen-bond donors (Lipinski definition) is 4. The van der Waals surface area contributed by atoms with Gasteiger partial charge in [-0.3, -0.25) is 4.79 Å². The van der Waals surface area contributed by atoms with Gasteiger partial charge in [0.1, 0.15) is 0 Å². The highest BCUT2D eigenvalue weighted by molar-refractivity contribution is 8.00. The van der Waals surface area contributed by atoms with Crippen molar-refractivity contribution in [3.63, 3.8) is 0 Å². The molecule has 0 spiro atoms. The van der Waals surface area contributed by atoms with E-state index in [4.69, 9.17) is 0 Å². The topological polar surface area (TPSA) is 109 Å². The Kier molecular flexibility index (Phi) is 10.0. The molecule has 8 nitrogen and oxygen atoms in total. The number of fused-ring (bicyclic) bond motifs is 1. The van der Waals surface area contributed by atoms with Crippen LogP contribution in [0.5, 0.6) is 5.75 Å². The maximum Gasteiger partial charge on any atom is 0.412 e. The maximum atomic E-state index is 13.5. The number of nitrogens with one attached hydrogen (secondary N) is 4. The summed E-state index contributed by atoms with van der Waals surface area (Å²) in [5, 5.41) is 11.2. The molecule has 4 amide bonds. The van der Waals surface area contributed by atoms with Crippen LogP contribution in [0, 0.1) is 29.1 Å². The Morgan fingerprint density at radius 3 is 2.19 bits per heavy atom. The van der Waals surface area contributed by atoms with Gasteiger partial charge in [-0.05, 0) is 32.1 Å². The van der Waals surface area contributed by atoms with Crippen LogP contribution in [0.25, 0.3) is 0 Å². The van der Waals surface area contributed by atoms with E-state index in [0.717, 1.165) is 25.0 Å². The zero-order valence-electron chi connectivity index (χ0n) is 19.2. The first-order valence-electron chi connectivity index (χ1n) is 11.6. The number of hydrogen-bond acceptors (Lipinski definition) is 5. The number of carbonyl (C=O) groups is 3. The van der Waals surface area contributed by atoms with Gasteiger partial charge in [0.15, 0.2) is 0 Å². The zero-order chi connectivity index (χ0) is 26.2. The Balaban J connectivity index is 1.20. The molecule has 2 aliphatic rings. The fourth-order valence-electron chi connectivity index (χ4n) is 4.01. The van der Waals surface area contributed by atoms with Crippen LogP contribution in [0.3, 0.4) is 0 Å². The molecule has 0 aliphatic carbocycles. The highest BCUT2D eigenvalue weighted by Crippen LogP contribution is 2.33. The van der Waals surface area contributed by atoms with Crippen molar-refractivity contribution >= 4 is 29.8 Å². The lowest BCUT2D eigenvalue weighted by Gasteiger charge is -2.16. The molecule has 2 saturated heterocycles. The molecule has 1 aromatic carbocycles. The first-order valence-corrected chi connectivity index (χ1v) is 12.7. The standard InChI is InChI=1S/C22H27F5N4O4S/c23-14-15(24)17(26)20(18(27)16(14)25)35-22(34)29-9-5-1-4-8-28-13(32)7-3-2-6-12-19-11(10-36-12)30-21(33)31-19/h11-12,19H,1-10H2,(H,28,32)(H,29,34)(H2,30,31,33)/t11-,12-,19-/m0/s1. The summed E-state index contributed by atoms with van der Waals surface area (Å²) in [5.74, 6) is -12.1. The van der Waals surface area contributed by atoms with E-state index in [1.54, 1.807) is 0 Å². The van der Waals surface area contributed by atoms with Gasteiger partial charge in [-0.25, -0.2) is 22.8 Å². The van der Waals surface area contributed by atoms with Crippen molar-refractivity contribution in [2.45, 2.75) is 62.3 Å². The Hall–Kier alpha value is -2.77. The van der Waals surface area contributed by atoms with Crippen LogP contribution in [0.15, 0.2) is 0 Å². The van der Waals surface area contributed by atoms with Crippen LogP contribution in [-0.2, 0) is 4.79 Å². The monoisotopic (exact) mass is 538 g/mol. The van der Waals surface area contributed by atoms with Crippen molar-refractivity contribution in [2.75, 3.05) is 18.8 Å². The second kappa shape index (κ2) is 13.0. The molecule has 14 heteroatoms. The van der Waals surface area contributed by atoms with E-state index < -0.39 is 40.9 Å². The number of carbonyl (C=O) groups excluding carboxylic acids is 3. The average molecular weight is 539 g/mol. The normalized spacial score (nSPS) is 20.5. The molecule has 2 heterocycles. The number of amides is 4. The molecule has 0 bridgehead atoms. The first kappa shape index (κ1) is 27.8. The zero-order valence-corrected chi connectivity index (χ0v) is 20.1. The largest absolute Gasteiger partial charge is 0.412 e.